The number of carboxylic acids is 2. The van der Waals surface area contributed by atoms with Crippen LogP contribution in [0.1, 0.15) is 51.7 Å². The molecule has 0 radical (unpaired) electrons. The van der Waals surface area contributed by atoms with Crippen LogP contribution >= 0.6 is 0 Å². The highest BCUT2D eigenvalue weighted by atomic mass is 16.5. The number of hydrogen-bond acceptors (Lipinski definition) is 4. The second kappa shape index (κ2) is 6.91. The second-order valence-corrected chi connectivity index (χ2v) is 5.37. The van der Waals surface area contributed by atoms with Gasteiger partial charge in [0.05, 0.1) is 5.56 Å². The Balaban J connectivity index is 2.19. The zero-order valence-corrected chi connectivity index (χ0v) is 12.8. The van der Waals surface area contributed by atoms with Crippen LogP contribution in [0.5, 0.6) is 5.75 Å². The van der Waals surface area contributed by atoms with Crippen LogP contribution < -0.4 is 4.74 Å². The van der Waals surface area contributed by atoms with Gasteiger partial charge in [0.1, 0.15) is 6.61 Å². The van der Waals surface area contributed by atoms with E-state index in [1.807, 2.05) is 24.3 Å². The van der Waals surface area contributed by atoms with Gasteiger partial charge < -0.3 is 14.9 Å². The molecule has 0 amide bonds. The summed E-state index contributed by atoms with van der Waals surface area (Å²) in [5.41, 5.74) is 1.61. The van der Waals surface area contributed by atoms with Gasteiger partial charge in [-0.15, -0.1) is 0 Å². The van der Waals surface area contributed by atoms with Crippen molar-refractivity contribution in [3.63, 3.8) is 0 Å². The minimum Gasteiger partial charge on any atom is -0.486 e. The molecular weight excluding hydrogens is 298 g/mol. The Labute approximate surface area is 133 Å². The van der Waals surface area contributed by atoms with Crippen molar-refractivity contribution in [3.05, 3.63) is 58.9 Å². The van der Waals surface area contributed by atoms with E-state index in [-0.39, 0.29) is 23.6 Å². The molecular formula is C17H17NO5. The van der Waals surface area contributed by atoms with E-state index in [2.05, 4.69) is 18.8 Å². The van der Waals surface area contributed by atoms with Gasteiger partial charge >= 0.3 is 11.9 Å². The zero-order chi connectivity index (χ0) is 17.0. The molecule has 2 rings (SSSR count). The van der Waals surface area contributed by atoms with Gasteiger partial charge in [-0.2, -0.15) is 0 Å². The van der Waals surface area contributed by atoms with Crippen LogP contribution in [-0.2, 0) is 6.61 Å². The third kappa shape index (κ3) is 4.06. The highest BCUT2D eigenvalue weighted by Gasteiger charge is 2.16. The molecule has 120 valence electrons. The molecule has 0 unspecified atom stereocenters. The maximum absolute atomic E-state index is 11.1. The fraction of sp³-hybridized carbons (Fsp3) is 0.235. The topological polar surface area (TPSA) is 96.7 Å². The Morgan fingerprint density at radius 2 is 1.78 bits per heavy atom. The number of pyridine rings is 1. The van der Waals surface area contributed by atoms with E-state index in [1.54, 1.807) is 0 Å². The fourth-order valence-electron chi connectivity index (χ4n) is 1.99. The standard InChI is InChI=1S/C17H17NO5/c1-10(2)12-5-3-11(4-6-12)9-23-14-7-13(16(19)20)8-18-15(14)17(21)22/h3-8,10H,9H2,1-2H3,(H,19,20)(H,21,22). The SMILES string of the molecule is CC(C)c1ccc(COc2cc(C(=O)O)cnc2C(=O)O)cc1. The van der Waals surface area contributed by atoms with Gasteiger partial charge in [0.15, 0.2) is 11.4 Å². The summed E-state index contributed by atoms with van der Waals surface area (Å²) in [5.74, 6) is -2.11. The number of aromatic carboxylic acids is 2. The molecule has 2 aromatic rings. The highest BCUT2D eigenvalue weighted by molar-refractivity contribution is 5.92. The summed E-state index contributed by atoms with van der Waals surface area (Å²) in [6.07, 6.45) is 0.996. The number of ether oxygens (including phenoxy) is 1. The maximum Gasteiger partial charge on any atom is 0.358 e. The van der Waals surface area contributed by atoms with Crippen molar-refractivity contribution in [2.45, 2.75) is 26.4 Å². The Bertz CT molecular complexity index is 722. The smallest absolute Gasteiger partial charge is 0.358 e. The molecule has 0 fully saturated rings. The zero-order valence-electron chi connectivity index (χ0n) is 12.8. The first kappa shape index (κ1) is 16.5. The summed E-state index contributed by atoms with van der Waals surface area (Å²) in [6.45, 7) is 4.31. The van der Waals surface area contributed by atoms with Crippen LogP contribution in [-0.4, -0.2) is 27.1 Å². The van der Waals surface area contributed by atoms with Crippen LogP contribution in [0.2, 0.25) is 0 Å². The molecule has 23 heavy (non-hydrogen) atoms. The van der Waals surface area contributed by atoms with Gasteiger partial charge in [-0.05, 0) is 23.1 Å². The summed E-state index contributed by atoms with van der Waals surface area (Å²) >= 11 is 0. The minimum atomic E-state index is -1.27. The van der Waals surface area contributed by atoms with E-state index < -0.39 is 11.9 Å². The molecule has 0 aliphatic heterocycles. The van der Waals surface area contributed by atoms with Crippen molar-refractivity contribution in [1.29, 1.82) is 0 Å². The first-order valence-electron chi connectivity index (χ1n) is 7.06. The third-order valence-corrected chi connectivity index (χ3v) is 3.34. The fourth-order valence-corrected chi connectivity index (χ4v) is 1.99. The van der Waals surface area contributed by atoms with E-state index in [9.17, 15) is 9.59 Å². The van der Waals surface area contributed by atoms with Crippen LogP contribution in [0, 0.1) is 0 Å². The van der Waals surface area contributed by atoms with Gasteiger partial charge in [-0.25, -0.2) is 14.6 Å². The number of carboxylic acid groups (broad SMARTS) is 2. The number of carbonyl (C=O) groups is 2. The van der Waals surface area contributed by atoms with Crippen molar-refractivity contribution < 1.29 is 24.5 Å². The first-order chi connectivity index (χ1) is 10.9. The average molecular weight is 315 g/mol. The van der Waals surface area contributed by atoms with Crippen molar-refractivity contribution in [1.82, 2.24) is 4.98 Å². The molecule has 0 aliphatic carbocycles. The lowest BCUT2D eigenvalue weighted by atomic mass is 10.0. The normalized spacial score (nSPS) is 10.6. The predicted molar refractivity (Wildman–Crippen MR) is 83.0 cm³/mol. The summed E-state index contributed by atoms with van der Waals surface area (Å²) in [6, 6.07) is 8.91. The Kier molecular flexibility index (Phi) is 4.95. The lowest BCUT2D eigenvalue weighted by molar-refractivity contribution is 0.0670. The molecule has 1 aromatic carbocycles. The lowest BCUT2D eigenvalue weighted by Gasteiger charge is -2.10. The molecule has 1 aromatic heterocycles. The number of aromatic nitrogens is 1. The van der Waals surface area contributed by atoms with E-state index in [0.717, 1.165) is 11.8 Å². The number of benzene rings is 1. The molecule has 2 N–H and O–H groups in total. The quantitative estimate of drug-likeness (QED) is 0.849. The summed E-state index contributed by atoms with van der Waals surface area (Å²) in [7, 11) is 0. The predicted octanol–water partition coefficient (Wildman–Crippen LogP) is 3.18. The molecule has 6 nitrogen and oxygen atoms in total. The lowest BCUT2D eigenvalue weighted by Crippen LogP contribution is -2.08. The molecule has 0 saturated carbocycles. The van der Waals surface area contributed by atoms with Gasteiger partial charge in [0.2, 0.25) is 0 Å². The number of hydrogen-bond donors (Lipinski definition) is 2. The Hall–Kier alpha value is -2.89. The minimum absolute atomic E-state index is 0.0645. The molecule has 1 heterocycles. The molecule has 0 bridgehead atoms. The van der Waals surface area contributed by atoms with Gasteiger partial charge in [-0.1, -0.05) is 38.1 Å². The van der Waals surface area contributed by atoms with Gasteiger partial charge in [0.25, 0.3) is 0 Å². The molecule has 6 heteroatoms. The molecule has 0 spiro atoms. The van der Waals surface area contributed by atoms with Crippen LogP contribution in [0.4, 0.5) is 0 Å². The van der Waals surface area contributed by atoms with Gasteiger partial charge in [0, 0.05) is 6.20 Å². The molecule has 0 saturated heterocycles. The van der Waals surface area contributed by atoms with Crippen molar-refractivity contribution in [3.8, 4) is 5.75 Å². The van der Waals surface area contributed by atoms with Gasteiger partial charge in [-0.3, -0.25) is 0 Å². The monoisotopic (exact) mass is 315 g/mol. The summed E-state index contributed by atoms with van der Waals surface area (Å²) in [5, 5.41) is 18.1. The van der Waals surface area contributed by atoms with E-state index >= 15 is 0 Å². The van der Waals surface area contributed by atoms with Crippen LogP contribution in [0.25, 0.3) is 0 Å². The Morgan fingerprint density at radius 1 is 1.13 bits per heavy atom. The largest absolute Gasteiger partial charge is 0.486 e. The van der Waals surface area contributed by atoms with E-state index in [1.165, 1.54) is 11.6 Å². The molecule has 0 atom stereocenters. The highest BCUT2D eigenvalue weighted by Crippen LogP contribution is 2.21. The maximum atomic E-state index is 11.1. The Morgan fingerprint density at radius 3 is 2.30 bits per heavy atom. The number of nitrogens with zero attached hydrogens (tertiary/aromatic N) is 1. The second-order valence-electron chi connectivity index (χ2n) is 5.37. The summed E-state index contributed by atoms with van der Waals surface area (Å²) < 4.78 is 5.47. The molecule has 0 aliphatic rings. The first-order valence-corrected chi connectivity index (χ1v) is 7.06. The number of rotatable bonds is 6. The third-order valence-electron chi connectivity index (χ3n) is 3.34. The van der Waals surface area contributed by atoms with E-state index in [4.69, 9.17) is 14.9 Å². The van der Waals surface area contributed by atoms with Crippen LogP contribution in [0.15, 0.2) is 36.5 Å². The van der Waals surface area contributed by atoms with Crippen molar-refractivity contribution >= 4 is 11.9 Å². The average Bonchev–Trinajstić information content (AvgIpc) is 2.52. The van der Waals surface area contributed by atoms with Crippen LogP contribution in [0.3, 0.4) is 0 Å². The van der Waals surface area contributed by atoms with Crippen molar-refractivity contribution in [2.24, 2.45) is 0 Å². The summed E-state index contributed by atoms with van der Waals surface area (Å²) in [4.78, 5) is 25.8. The van der Waals surface area contributed by atoms with Crippen molar-refractivity contribution in [2.75, 3.05) is 0 Å². The van der Waals surface area contributed by atoms with E-state index in [0.29, 0.717) is 5.92 Å².